The molecule has 3 rings (SSSR count). The van der Waals surface area contributed by atoms with Crippen LogP contribution in [0.25, 0.3) is 11.1 Å². The molecule has 0 atom stereocenters. The van der Waals surface area contributed by atoms with Gasteiger partial charge in [0.25, 0.3) is 0 Å². The average molecular weight is 411 g/mol. The molecule has 0 aliphatic heterocycles. The van der Waals surface area contributed by atoms with Crippen molar-refractivity contribution in [1.29, 1.82) is 0 Å². The molecule has 0 amide bonds. The minimum atomic E-state index is 0.755. The Morgan fingerprint density at radius 1 is 0.724 bits per heavy atom. The summed E-state index contributed by atoms with van der Waals surface area (Å²) in [5, 5.41) is 0.835. The van der Waals surface area contributed by atoms with E-state index in [-0.39, 0.29) is 0 Å². The van der Waals surface area contributed by atoms with Crippen molar-refractivity contribution < 1.29 is 0 Å². The summed E-state index contributed by atoms with van der Waals surface area (Å²) in [7, 11) is 0. The molecule has 0 saturated heterocycles. The fraction of sp³-hybridized carbons (Fsp3) is 0.571. The quantitative estimate of drug-likeness (QED) is 0.323. The average Bonchev–Trinajstić information content (AvgIpc) is 2.77. The van der Waals surface area contributed by atoms with Gasteiger partial charge < -0.3 is 0 Å². The molecule has 0 aromatic heterocycles. The van der Waals surface area contributed by atoms with Gasteiger partial charge in [-0.15, -0.1) is 0 Å². The second-order valence-electron chi connectivity index (χ2n) is 9.08. The van der Waals surface area contributed by atoms with Crippen molar-refractivity contribution in [2.24, 2.45) is 5.92 Å². The van der Waals surface area contributed by atoms with Gasteiger partial charge in [0.05, 0.1) is 0 Å². The predicted octanol–water partition coefficient (Wildman–Crippen LogP) is 9.81. The minimum Gasteiger partial charge on any atom is -0.0837 e. The van der Waals surface area contributed by atoms with Gasteiger partial charge in [-0.2, -0.15) is 0 Å². The fourth-order valence-electron chi connectivity index (χ4n) is 4.98. The number of rotatable bonds is 11. The standard InChI is InChI=1S/C28H39Cl/c1-2-3-4-5-6-7-8-9-12-23-15-17-24(18-16-23)25-19-21-26(22-20-25)27-13-10-11-14-28(27)29/h10-11,13-14,19-24H,2-9,12,15-18H2,1H3. The first kappa shape index (κ1) is 22.4. The number of benzene rings is 2. The molecule has 0 radical (unpaired) electrons. The Morgan fingerprint density at radius 2 is 1.34 bits per heavy atom. The second-order valence-corrected chi connectivity index (χ2v) is 9.49. The summed E-state index contributed by atoms with van der Waals surface area (Å²) >= 11 is 6.35. The van der Waals surface area contributed by atoms with Gasteiger partial charge >= 0.3 is 0 Å². The van der Waals surface area contributed by atoms with Crippen LogP contribution in [0.2, 0.25) is 5.02 Å². The number of unbranched alkanes of at least 4 members (excludes halogenated alkanes) is 7. The smallest absolute Gasteiger partial charge is 0.0484 e. The molecule has 0 bridgehead atoms. The third-order valence-corrected chi connectivity index (χ3v) is 7.21. The van der Waals surface area contributed by atoms with Crippen molar-refractivity contribution >= 4 is 11.6 Å². The summed E-state index contributed by atoms with van der Waals surface area (Å²) in [5.74, 6) is 1.74. The first-order valence-electron chi connectivity index (χ1n) is 12.1. The molecular formula is C28H39Cl. The van der Waals surface area contributed by atoms with E-state index >= 15 is 0 Å². The van der Waals surface area contributed by atoms with Crippen LogP contribution < -0.4 is 0 Å². The molecule has 0 spiro atoms. The summed E-state index contributed by atoms with van der Waals surface area (Å²) in [6, 6.07) is 17.3. The van der Waals surface area contributed by atoms with Crippen molar-refractivity contribution in [3.63, 3.8) is 0 Å². The Labute approximate surface area is 184 Å². The zero-order chi connectivity index (χ0) is 20.3. The summed E-state index contributed by atoms with van der Waals surface area (Å²) in [5.41, 5.74) is 3.88. The molecule has 0 unspecified atom stereocenters. The predicted molar refractivity (Wildman–Crippen MR) is 129 cm³/mol. The summed E-state index contributed by atoms with van der Waals surface area (Å²) in [4.78, 5) is 0. The number of hydrogen-bond donors (Lipinski definition) is 0. The zero-order valence-electron chi connectivity index (χ0n) is 18.3. The summed E-state index contributed by atoms with van der Waals surface area (Å²) in [6.07, 6.45) is 18.5. The molecule has 0 N–H and O–H groups in total. The van der Waals surface area contributed by atoms with E-state index in [1.807, 2.05) is 12.1 Å². The van der Waals surface area contributed by atoms with E-state index in [9.17, 15) is 0 Å². The van der Waals surface area contributed by atoms with Crippen molar-refractivity contribution in [2.75, 3.05) is 0 Å². The fourth-order valence-corrected chi connectivity index (χ4v) is 5.23. The molecule has 1 heteroatoms. The lowest BCUT2D eigenvalue weighted by Crippen LogP contribution is -2.13. The highest BCUT2D eigenvalue weighted by Crippen LogP contribution is 2.38. The lowest BCUT2D eigenvalue weighted by molar-refractivity contribution is 0.302. The van der Waals surface area contributed by atoms with Crippen LogP contribution in [0, 0.1) is 5.92 Å². The van der Waals surface area contributed by atoms with Crippen LogP contribution in [-0.2, 0) is 0 Å². The Balaban J connectivity index is 1.36. The molecule has 0 nitrogen and oxygen atoms in total. The summed E-state index contributed by atoms with van der Waals surface area (Å²) < 4.78 is 0. The van der Waals surface area contributed by atoms with Gasteiger partial charge in [-0.05, 0) is 54.7 Å². The highest BCUT2D eigenvalue weighted by Gasteiger charge is 2.22. The van der Waals surface area contributed by atoms with Gasteiger partial charge in [0.2, 0.25) is 0 Å². The van der Waals surface area contributed by atoms with E-state index in [0.717, 1.165) is 22.4 Å². The van der Waals surface area contributed by atoms with Crippen molar-refractivity contribution in [1.82, 2.24) is 0 Å². The van der Waals surface area contributed by atoms with Gasteiger partial charge in [0, 0.05) is 10.6 Å². The molecule has 158 valence electrons. The first-order chi connectivity index (χ1) is 14.3. The van der Waals surface area contributed by atoms with E-state index in [1.165, 1.54) is 94.6 Å². The van der Waals surface area contributed by atoms with Crippen LogP contribution in [0.4, 0.5) is 0 Å². The van der Waals surface area contributed by atoms with Crippen LogP contribution in [0.15, 0.2) is 48.5 Å². The molecule has 1 saturated carbocycles. The Morgan fingerprint density at radius 3 is 2.00 bits per heavy atom. The Hall–Kier alpha value is -1.27. The Bertz CT molecular complexity index is 695. The molecule has 1 aliphatic rings. The topological polar surface area (TPSA) is 0 Å². The number of hydrogen-bond acceptors (Lipinski definition) is 0. The van der Waals surface area contributed by atoms with Crippen molar-refractivity contribution in [2.45, 2.75) is 96.3 Å². The maximum atomic E-state index is 6.35. The molecule has 2 aromatic rings. The van der Waals surface area contributed by atoms with E-state index in [1.54, 1.807) is 0 Å². The maximum Gasteiger partial charge on any atom is 0.0484 e. The van der Waals surface area contributed by atoms with Crippen molar-refractivity contribution in [3.05, 3.63) is 59.1 Å². The molecule has 2 aromatic carbocycles. The highest BCUT2D eigenvalue weighted by atomic mass is 35.5. The van der Waals surface area contributed by atoms with Crippen LogP contribution in [-0.4, -0.2) is 0 Å². The highest BCUT2D eigenvalue weighted by molar-refractivity contribution is 6.33. The van der Waals surface area contributed by atoms with Gasteiger partial charge in [-0.1, -0.05) is 119 Å². The van der Waals surface area contributed by atoms with Gasteiger partial charge in [0.15, 0.2) is 0 Å². The largest absolute Gasteiger partial charge is 0.0837 e. The summed E-state index contributed by atoms with van der Waals surface area (Å²) in [6.45, 7) is 2.30. The minimum absolute atomic E-state index is 0.755. The van der Waals surface area contributed by atoms with E-state index in [4.69, 9.17) is 11.6 Å². The van der Waals surface area contributed by atoms with Crippen molar-refractivity contribution in [3.8, 4) is 11.1 Å². The van der Waals surface area contributed by atoms with E-state index in [0.29, 0.717) is 0 Å². The SMILES string of the molecule is CCCCCCCCCCC1CCC(c2ccc(-c3ccccc3Cl)cc2)CC1. The second kappa shape index (κ2) is 12.4. The third kappa shape index (κ3) is 7.18. The molecule has 1 aliphatic carbocycles. The van der Waals surface area contributed by atoms with E-state index < -0.39 is 0 Å². The lowest BCUT2D eigenvalue weighted by Gasteiger charge is -2.29. The van der Waals surface area contributed by atoms with E-state index in [2.05, 4.69) is 43.3 Å². The molecule has 0 heterocycles. The molecular weight excluding hydrogens is 372 g/mol. The maximum absolute atomic E-state index is 6.35. The molecule has 29 heavy (non-hydrogen) atoms. The third-order valence-electron chi connectivity index (χ3n) is 6.88. The normalized spacial score (nSPS) is 19.4. The zero-order valence-corrected chi connectivity index (χ0v) is 19.1. The monoisotopic (exact) mass is 410 g/mol. The van der Waals surface area contributed by atoms with Gasteiger partial charge in [0.1, 0.15) is 0 Å². The first-order valence-corrected chi connectivity index (χ1v) is 12.5. The molecule has 1 fully saturated rings. The lowest BCUT2D eigenvalue weighted by atomic mass is 9.77. The van der Waals surface area contributed by atoms with Crippen LogP contribution in [0.5, 0.6) is 0 Å². The van der Waals surface area contributed by atoms with Crippen LogP contribution in [0.3, 0.4) is 0 Å². The van der Waals surface area contributed by atoms with Gasteiger partial charge in [-0.3, -0.25) is 0 Å². The number of halogens is 1. The van der Waals surface area contributed by atoms with Crippen LogP contribution >= 0.6 is 11.6 Å². The Kier molecular flexibility index (Phi) is 9.61. The van der Waals surface area contributed by atoms with Gasteiger partial charge in [-0.25, -0.2) is 0 Å². The van der Waals surface area contributed by atoms with Crippen LogP contribution in [0.1, 0.15) is 102 Å².